The van der Waals surface area contributed by atoms with Crippen LogP contribution >= 0.6 is 11.6 Å². The molecule has 5 rings (SSSR count). The summed E-state index contributed by atoms with van der Waals surface area (Å²) in [6, 6.07) is 10.4. The molecule has 2 heterocycles. The summed E-state index contributed by atoms with van der Waals surface area (Å²) < 4.78 is 32.8. The van der Waals surface area contributed by atoms with Gasteiger partial charge in [0.05, 0.1) is 11.4 Å². The van der Waals surface area contributed by atoms with Gasteiger partial charge in [0.15, 0.2) is 5.82 Å². The van der Waals surface area contributed by atoms with Crippen LogP contribution in [0.4, 0.5) is 16.2 Å². The Morgan fingerprint density at radius 2 is 1.93 bits per heavy atom. The fourth-order valence-electron chi connectivity index (χ4n) is 3.47. The van der Waals surface area contributed by atoms with Crippen molar-refractivity contribution in [3.63, 3.8) is 0 Å². The number of sulfonamides is 1. The molecular weight excluding hydrogens is 428 g/mol. The van der Waals surface area contributed by atoms with Crippen molar-refractivity contribution in [1.29, 1.82) is 0 Å². The molecule has 3 aromatic rings. The molecule has 0 bridgehead atoms. The van der Waals surface area contributed by atoms with Crippen LogP contribution in [-0.4, -0.2) is 24.6 Å². The van der Waals surface area contributed by atoms with Crippen LogP contribution in [0.25, 0.3) is 0 Å². The molecule has 1 aromatic heterocycles. The third-order valence-corrected chi connectivity index (χ3v) is 7.16. The third-order valence-electron chi connectivity index (χ3n) is 5.19. The molecule has 154 valence electrons. The number of hydrogen-bond donors (Lipinski definition) is 0. The van der Waals surface area contributed by atoms with Crippen molar-refractivity contribution in [3.05, 3.63) is 64.8 Å². The quantitative estimate of drug-likeness (QED) is 0.597. The van der Waals surface area contributed by atoms with Crippen LogP contribution in [0.3, 0.4) is 0 Å². The molecule has 1 saturated carbocycles. The summed E-state index contributed by atoms with van der Waals surface area (Å²) >= 11 is 6.10. The number of rotatable bonds is 4. The summed E-state index contributed by atoms with van der Waals surface area (Å²) in [6.07, 6.45) is 2.04. The minimum atomic E-state index is -4.13. The molecule has 1 aliphatic heterocycles. The van der Waals surface area contributed by atoms with E-state index in [1.807, 2.05) is 0 Å². The van der Waals surface area contributed by atoms with Crippen LogP contribution in [0.5, 0.6) is 0 Å². The van der Waals surface area contributed by atoms with Crippen molar-refractivity contribution in [3.8, 4) is 0 Å². The Kier molecular flexibility index (Phi) is 4.33. The average Bonchev–Trinajstić information content (AvgIpc) is 3.46. The minimum Gasteiger partial charge on any atom is -0.337 e. The summed E-state index contributed by atoms with van der Waals surface area (Å²) in [5.41, 5.74) is 1.07. The second-order valence-corrected chi connectivity index (χ2v) is 9.55. The lowest BCUT2D eigenvalue weighted by Crippen LogP contribution is -2.51. The van der Waals surface area contributed by atoms with Gasteiger partial charge in [-0.05, 0) is 49.6 Å². The largest absolute Gasteiger partial charge is 0.343 e. The molecule has 8 nitrogen and oxygen atoms in total. The van der Waals surface area contributed by atoms with Gasteiger partial charge in [-0.15, -0.1) is 0 Å². The molecule has 2 amide bonds. The third kappa shape index (κ3) is 3.05. The Morgan fingerprint density at radius 1 is 1.17 bits per heavy atom. The van der Waals surface area contributed by atoms with Crippen LogP contribution in [-0.2, 0) is 16.6 Å². The van der Waals surface area contributed by atoms with Crippen molar-refractivity contribution in [1.82, 2.24) is 10.1 Å². The molecule has 1 fully saturated rings. The van der Waals surface area contributed by atoms with E-state index in [2.05, 4.69) is 10.1 Å². The first-order valence-corrected chi connectivity index (χ1v) is 11.2. The van der Waals surface area contributed by atoms with Crippen LogP contribution in [0.15, 0.2) is 51.9 Å². The topological polar surface area (TPSA) is 96.6 Å². The van der Waals surface area contributed by atoms with Crippen LogP contribution < -0.4 is 9.21 Å². The van der Waals surface area contributed by atoms with Gasteiger partial charge in [-0.2, -0.15) is 9.29 Å². The van der Waals surface area contributed by atoms with Gasteiger partial charge in [0.2, 0.25) is 5.89 Å². The van der Waals surface area contributed by atoms with Crippen LogP contribution in [0.2, 0.25) is 5.02 Å². The number of fused-ring (bicyclic) bond motifs is 1. The highest BCUT2D eigenvalue weighted by atomic mass is 35.5. The van der Waals surface area contributed by atoms with Crippen molar-refractivity contribution in [2.24, 2.45) is 0 Å². The normalized spacial score (nSPS) is 17.9. The van der Waals surface area contributed by atoms with Gasteiger partial charge in [-0.25, -0.2) is 13.2 Å². The number of nitrogens with zero attached hydrogens (tertiary/aromatic N) is 4. The van der Waals surface area contributed by atoms with Gasteiger partial charge in [0.1, 0.15) is 11.4 Å². The number of para-hydroxylation sites is 1. The summed E-state index contributed by atoms with van der Waals surface area (Å²) in [5, 5.41) is 4.31. The molecule has 1 aliphatic carbocycles. The SMILES string of the molecule is Cc1ccc(Cl)cc1N1C(=O)N(Cc2nc(C3CC3)no2)c2ccccc2S1(=O)=O. The highest BCUT2D eigenvalue weighted by Gasteiger charge is 2.43. The van der Waals surface area contributed by atoms with Gasteiger partial charge in [-0.1, -0.05) is 35.0 Å². The number of halogens is 1. The number of amides is 2. The first kappa shape index (κ1) is 19.1. The van der Waals surface area contributed by atoms with Crippen molar-refractivity contribution in [2.75, 3.05) is 9.21 Å². The van der Waals surface area contributed by atoms with E-state index < -0.39 is 16.1 Å². The number of aromatic nitrogens is 2. The number of urea groups is 1. The second-order valence-electron chi connectivity index (χ2n) is 7.36. The highest BCUT2D eigenvalue weighted by Crippen LogP contribution is 2.40. The maximum Gasteiger partial charge on any atom is 0.343 e. The van der Waals surface area contributed by atoms with Crippen LogP contribution in [0, 0.1) is 6.92 Å². The monoisotopic (exact) mass is 444 g/mol. The van der Waals surface area contributed by atoms with E-state index in [0.717, 1.165) is 17.1 Å². The van der Waals surface area contributed by atoms with E-state index in [0.29, 0.717) is 22.3 Å². The molecule has 0 saturated heterocycles. The smallest absolute Gasteiger partial charge is 0.337 e. The molecule has 2 aromatic carbocycles. The number of anilines is 2. The Labute approximate surface area is 178 Å². The lowest BCUT2D eigenvalue weighted by molar-refractivity contribution is 0.252. The van der Waals surface area contributed by atoms with Gasteiger partial charge in [-0.3, -0.25) is 4.90 Å². The summed E-state index contributed by atoms with van der Waals surface area (Å²) in [7, 11) is -4.13. The second kappa shape index (κ2) is 6.82. The minimum absolute atomic E-state index is 0.0194. The van der Waals surface area contributed by atoms with Gasteiger partial charge in [0, 0.05) is 10.9 Å². The predicted octanol–water partition coefficient (Wildman–Crippen LogP) is 4.24. The van der Waals surface area contributed by atoms with Crippen molar-refractivity contribution >= 4 is 39.0 Å². The molecular formula is C20H17ClN4O4S. The number of benzene rings is 2. The zero-order chi connectivity index (χ0) is 21.0. The zero-order valence-corrected chi connectivity index (χ0v) is 17.5. The van der Waals surface area contributed by atoms with E-state index in [1.165, 1.54) is 17.0 Å². The van der Waals surface area contributed by atoms with Crippen LogP contribution in [0.1, 0.15) is 36.0 Å². The maximum atomic E-state index is 13.5. The van der Waals surface area contributed by atoms with Crippen molar-refractivity contribution in [2.45, 2.75) is 37.1 Å². The van der Waals surface area contributed by atoms with E-state index in [1.54, 1.807) is 37.3 Å². The van der Waals surface area contributed by atoms with Crippen molar-refractivity contribution < 1.29 is 17.7 Å². The fraction of sp³-hybridized carbons (Fsp3) is 0.250. The number of carbonyl (C=O) groups excluding carboxylic acids is 1. The molecule has 30 heavy (non-hydrogen) atoms. The Balaban J connectivity index is 1.63. The molecule has 0 atom stereocenters. The lowest BCUT2D eigenvalue weighted by Gasteiger charge is -2.36. The Hall–Kier alpha value is -2.91. The zero-order valence-electron chi connectivity index (χ0n) is 15.9. The predicted molar refractivity (Wildman–Crippen MR) is 110 cm³/mol. The maximum absolute atomic E-state index is 13.5. The summed E-state index contributed by atoms with van der Waals surface area (Å²) in [6.45, 7) is 1.68. The number of carbonyl (C=O) groups is 1. The molecule has 2 aliphatic rings. The molecule has 0 radical (unpaired) electrons. The standard InChI is InChI=1S/C20H17ClN4O4S/c1-12-6-9-14(21)10-16(12)25-20(26)24(11-18-22-19(23-29-18)13-7-8-13)15-4-2-3-5-17(15)30(25,27)28/h2-6,9-10,13H,7-8,11H2,1H3. The molecule has 0 spiro atoms. The number of aryl methyl sites for hydroxylation is 1. The Morgan fingerprint density at radius 3 is 2.70 bits per heavy atom. The Bertz CT molecular complexity index is 1270. The number of hydrogen-bond acceptors (Lipinski definition) is 6. The summed E-state index contributed by atoms with van der Waals surface area (Å²) in [5.74, 6) is 1.18. The first-order valence-electron chi connectivity index (χ1n) is 9.41. The lowest BCUT2D eigenvalue weighted by atomic mass is 10.2. The van der Waals surface area contributed by atoms with E-state index in [-0.39, 0.29) is 28.7 Å². The average molecular weight is 445 g/mol. The highest BCUT2D eigenvalue weighted by molar-refractivity contribution is 7.94. The molecule has 10 heteroatoms. The molecule has 0 unspecified atom stereocenters. The van der Waals surface area contributed by atoms with E-state index in [4.69, 9.17) is 16.1 Å². The van der Waals surface area contributed by atoms with Gasteiger partial charge >= 0.3 is 6.03 Å². The first-order chi connectivity index (χ1) is 14.4. The van der Waals surface area contributed by atoms with E-state index in [9.17, 15) is 13.2 Å². The van der Waals surface area contributed by atoms with Gasteiger partial charge in [0.25, 0.3) is 10.0 Å². The fourth-order valence-corrected chi connectivity index (χ4v) is 5.29. The van der Waals surface area contributed by atoms with E-state index >= 15 is 0 Å². The van der Waals surface area contributed by atoms with Gasteiger partial charge < -0.3 is 4.52 Å². The summed E-state index contributed by atoms with van der Waals surface area (Å²) in [4.78, 5) is 19.2. The molecule has 0 N–H and O–H groups in total.